The molecule has 3 aromatic rings. The second-order valence-corrected chi connectivity index (χ2v) is 7.74. The first-order chi connectivity index (χ1) is 12.9. The molecular weight excluding hydrogens is 360 g/mol. The summed E-state index contributed by atoms with van der Waals surface area (Å²) < 4.78 is 6.81. The maximum absolute atomic E-state index is 11.3. The molecule has 0 aliphatic carbocycles. The number of nitrogens with zero attached hydrogens (tertiary/aromatic N) is 2. The number of para-hydroxylation sites is 1. The highest BCUT2D eigenvalue weighted by Crippen LogP contribution is 2.28. The van der Waals surface area contributed by atoms with Gasteiger partial charge in [0.2, 0.25) is 0 Å². The number of aliphatic hydroxyl groups excluding tert-OH is 1. The third-order valence-electron chi connectivity index (χ3n) is 4.53. The fourth-order valence-electron chi connectivity index (χ4n) is 2.78. The lowest BCUT2D eigenvalue weighted by Crippen LogP contribution is -2.34. The zero-order chi connectivity index (χ0) is 19.4. The van der Waals surface area contributed by atoms with Crippen LogP contribution in [0.4, 0.5) is 0 Å². The van der Waals surface area contributed by atoms with Crippen LogP contribution in [0.2, 0.25) is 0 Å². The van der Waals surface area contributed by atoms with Gasteiger partial charge in [-0.05, 0) is 57.3 Å². The summed E-state index contributed by atoms with van der Waals surface area (Å²) in [5.41, 5.74) is 1.66. The van der Waals surface area contributed by atoms with Crippen LogP contribution >= 0.6 is 11.3 Å². The summed E-state index contributed by atoms with van der Waals surface area (Å²) in [5.74, 6) is 0.660. The Kier molecular flexibility index (Phi) is 6.21. The van der Waals surface area contributed by atoms with Gasteiger partial charge in [0.25, 0.3) is 0 Å². The second-order valence-electron chi connectivity index (χ2n) is 6.68. The van der Waals surface area contributed by atoms with Crippen LogP contribution in [0.3, 0.4) is 0 Å². The Morgan fingerprint density at radius 2 is 1.93 bits per heavy atom. The van der Waals surface area contributed by atoms with Gasteiger partial charge in [-0.3, -0.25) is 9.69 Å². The molecule has 0 saturated carbocycles. The number of aromatic nitrogens is 1. The smallest absolute Gasteiger partial charge is 0.159 e. The lowest BCUT2D eigenvalue weighted by Gasteiger charge is -2.25. The van der Waals surface area contributed by atoms with E-state index in [1.165, 1.54) is 11.6 Å². The van der Waals surface area contributed by atoms with Crippen LogP contribution < -0.4 is 4.74 Å². The SMILES string of the molecule is CC(=O)c1ccc(OC[C@@H](O)CN(C)[C@H](C)c2nc3ccccc3s2)cc1. The van der Waals surface area contributed by atoms with Gasteiger partial charge in [-0.2, -0.15) is 0 Å². The topological polar surface area (TPSA) is 62.7 Å². The van der Waals surface area contributed by atoms with Crippen molar-refractivity contribution in [1.82, 2.24) is 9.88 Å². The van der Waals surface area contributed by atoms with Crippen molar-refractivity contribution in [1.29, 1.82) is 0 Å². The molecule has 0 spiro atoms. The molecule has 0 aliphatic heterocycles. The summed E-state index contributed by atoms with van der Waals surface area (Å²) in [5, 5.41) is 11.4. The fourth-order valence-corrected chi connectivity index (χ4v) is 3.86. The average molecular weight is 385 g/mol. The third-order valence-corrected chi connectivity index (χ3v) is 5.74. The number of rotatable bonds is 8. The molecular formula is C21H24N2O3S. The molecule has 2 aromatic carbocycles. The van der Waals surface area contributed by atoms with Gasteiger partial charge in [0, 0.05) is 12.1 Å². The number of aliphatic hydroxyl groups is 1. The molecule has 0 bridgehead atoms. The van der Waals surface area contributed by atoms with E-state index in [9.17, 15) is 9.90 Å². The zero-order valence-electron chi connectivity index (χ0n) is 15.8. The van der Waals surface area contributed by atoms with Crippen LogP contribution in [0.15, 0.2) is 48.5 Å². The van der Waals surface area contributed by atoms with E-state index in [-0.39, 0.29) is 18.4 Å². The molecule has 5 nitrogen and oxygen atoms in total. The monoisotopic (exact) mass is 384 g/mol. The molecule has 0 fully saturated rings. The molecule has 2 atom stereocenters. The number of thiazole rings is 1. The van der Waals surface area contributed by atoms with Crippen molar-refractivity contribution < 1.29 is 14.6 Å². The number of ether oxygens (including phenoxy) is 1. The van der Waals surface area contributed by atoms with Gasteiger partial charge in [-0.25, -0.2) is 4.98 Å². The van der Waals surface area contributed by atoms with Crippen LogP contribution in [0.5, 0.6) is 5.75 Å². The average Bonchev–Trinajstić information content (AvgIpc) is 3.10. The maximum Gasteiger partial charge on any atom is 0.159 e. The number of hydrogen-bond acceptors (Lipinski definition) is 6. The lowest BCUT2D eigenvalue weighted by atomic mass is 10.1. The number of fused-ring (bicyclic) bond motifs is 1. The molecule has 0 saturated heterocycles. The van der Waals surface area contributed by atoms with E-state index in [0.717, 1.165) is 10.5 Å². The summed E-state index contributed by atoms with van der Waals surface area (Å²) in [6.07, 6.45) is -0.626. The van der Waals surface area contributed by atoms with Crippen LogP contribution in [0.1, 0.15) is 35.3 Å². The first kappa shape index (κ1) is 19.5. The maximum atomic E-state index is 11.3. The first-order valence-corrected chi connectivity index (χ1v) is 9.73. The highest BCUT2D eigenvalue weighted by molar-refractivity contribution is 7.18. The quantitative estimate of drug-likeness (QED) is 0.596. The number of Topliss-reactive ketones (excluding diaryl/α,β-unsaturated/α-hetero) is 1. The molecule has 6 heteroatoms. The molecule has 1 N–H and O–H groups in total. The number of carbonyl (C=O) groups excluding carboxylic acids is 1. The minimum Gasteiger partial charge on any atom is -0.491 e. The Labute approximate surface area is 163 Å². The molecule has 1 aromatic heterocycles. The number of ketones is 1. The fraction of sp³-hybridized carbons (Fsp3) is 0.333. The molecule has 3 rings (SSSR count). The Hall–Kier alpha value is -2.28. The van der Waals surface area contributed by atoms with E-state index in [2.05, 4.69) is 17.9 Å². The predicted octanol–water partition coefficient (Wildman–Crippen LogP) is 3.93. The Balaban J connectivity index is 1.53. The third kappa shape index (κ3) is 4.91. The number of benzene rings is 2. The van der Waals surface area contributed by atoms with E-state index in [1.807, 2.05) is 25.2 Å². The summed E-state index contributed by atoms with van der Waals surface area (Å²) in [6.45, 7) is 4.28. The van der Waals surface area contributed by atoms with E-state index in [4.69, 9.17) is 9.72 Å². The van der Waals surface area contributed by atoms with Gasteiger partial charge in [0.1, 0.15) is 23.5 Å². The zero-order valence-corrected chi connectivity index (χ0v) is 16.6. The summed E-state index contributed by atoms with van der Waals surface area (Å²) in [7, 11) is 1.97. The first-order valence-electron chi connectivity index (χ1n) is 8.91. The molecule has 142 valence electrons. The van der Waals surface area contributed by atoms with Crippen molar-refractivity contribution >= 4 is 27.3 Å². The van der Waals surface area contributed by atoms with Crippen molar-refractivity contribution in [2.24, 2.45) is 0 Å². The van der Waals surface area contributed by atoms with Crippen LogP contribution in [0, 0.1) is 0 Å². The minimum absolute atomic E-state index is 0.0204. The van der Waals surface area contributed by atoms with Gasteiger partial charge in [0.15, 0.2) is 5.78 Å². The van der Waals surface area contributed by atoms with E-state index < -0.39 is 6.10 Å². The Bertz CT molecular complexity index is 874. The van der Waals surface area contributed by atoms with Crippen molar-refractivity contribution in [2.75, 3.05) is 20.2 Å². The van der Waals surface area contributed by atoms with Gasteiger partial charge < -0.3 is 9.84 Å². The molecule has 0 radical (unpaired) electrons. The normalized spacial score (nSPS) is 13.7. The van der Waals surface area contributed by atoms with E-state index >= 15 is 0 Å². The highest BCUT2D eigenvalue weighted by Gasteiger charge is 2.19. The van der Waals surface area contributed by atoms with Crippen molar-refractivity contribution in [3.63, 3.8) is 0 Å². The van der Waals surface area contributed by atoms with Gasteiger partial charge in [-0.1, -0.05) is 12.1 Å². The number of likely N-dealkylation sites (N-methyl/N-ethyl adjacent to an activating group) is 1. The van der Waals surface area contributed by atoms with Gasteiger partial charge in [-0.15, -0.1) is 11.3 Å². The molecule has 0 unspecified atom stereocenters. The highest BCUT2D eigenvalue weighted by atomic mass is 32.1. The number of hydrogen-bond donors (Lipinski definition) is 1. The largest absolute Gasteiger partial charge is 0.491 e. The Morgan fingerprint density at radius 1 is 1.22 bits per heavy atom. The molecule has 27 heavy (non-hydrogen) atoms. The summed E-state index contributed by atoms with van der Waals surface area (Å²) in [4.78, 5) is 18.1. The van der Waals surface area contributed by atoms with Gasteiger partial charge in [0.05, 0.1) is 16.3 Å². The second kappa shape index (κ2) is 8.61. The van der Waals surface area contributed by atoms with E-state index in [1.54, 1.807) is 35.6 Å². The van der Waals surface area contributed by atoms with Crippen molar-refractivity contribution in [3.05, 3.63) is 59.1 Å². The summed E-state index contributed by atoms with van der Waals surface area (Å²) in [6, 6.07) is 15.1. The van der Waals surface area contributed by atoms with Crippen LogP contribution in [-0.4, -0.2) is 47.1 Å². The van der Waals surface area contributed by atoms with E-state index in [0.29, 0.717) is 17.9 Å². The molecule has 0 aliphatic rings. The predicted molar refractivity (Wildman–Crippen MR) is 109 cm³/mol. The van der Waals surface area contributed by atoms with Crippen molar-refractivity contribution in [3.8, 4) is 5.75 Å². The Morgan fingerprint density at radius 3 is 2.59 bits per heavy atom. The minimum atomic E-state index is -0.626. The van der Waals surface area contributed by atoms with Crippen LogP contribution in [0.25, 0.3) is 10.2 Å². The van der Waals surface area contributed by atoms with Crippen molar-refractivity contribution in [2.45, 2.75) is 26.0 Å². The van der Waals surface area contributed by atoms with Gasteiger partial charge >= 0.3 is 0 Å². The van der Waals surface area contributed by atoms with Crippen LogP contribution in [-0.2, 0) is 0 Å². The molecule has 1 heterocycles. The lowest BCUT2D eigenvalue weighted by molar-refractivity contribution is 0.0653. The standard InChI is InChI=1S/C21H24N2O3S/c1-14(21-22-19-6-4-5-7-20(19)27-21)23(3)12-17(25)13-26-18-10-8-16(9-11-18)15(2)24/h4-11,14,17,25H,12-13H2,1-3H3/t14-,17+/m1/s1. The molecule has 0 amide bonds. The summed E-state index contributed by atoms with van der Waals surface area (Å²) >= 11 is 1.68. The number of carbonyl (C=O) groups is 1.